The lowest BCUT2D eigenvalue weighted by Gasteiger charge is -2.13. The third-order valence-electron chi connectivity index (χ3n) is 3.92. The van der Waals surface area contributed by atoms with Gasteiger partial charge in [0, 0.05) is 19.1 Å². The van der Waals surface area contributed by atoms with E-state index in [-0.39, 0.29) is 36.0 Å². The van der Waals surface area contributed by atoms with Crippen LogP contribution in [0.2, 0.25) is 0 Å². The van der Waals surface area contributed by atoms with Gasteiger partial charge in [-0.25, -0.2) is 0 Å². The molecule has 2 rings (SSSR count). The zero-order valence-electron chi connectivity index (χ0n) is 12.8. The molecule has 1 aromatic carbocycles. The quantitative estimate of drug-likeness (QED) is 0.808. The molecule has 7 heteroatoms. The molecule has 0 heterocycles. The Hall–Kier alpha value is -1.76. The predicted octanol–water partition coefficient (Wildman–Crippen LogP) is 2.82. The summed E-state index contributed by atoms with van der Waals surface area (Å²) >= 11 is 0. The predicted molar refractivity (Wildman–Crippen MR) is 77.8 cm³/mol. The Morgan fingerprint density at radius 1 is 1.43 bits per heavy atom. The topological polar surface area (TPSA) is 58.6 Å². The van der Waals surface area contributed by atoms with E-state index in [1.165, 1.54) is 12.1 Å². The number of alkyl halides is 3. The summed E-state index contributed by atoms with van der Waals surface area (Å²) in [4.78, 5) is 12.1. The fourth-order valence-corrected chi connectivity index (χ4v) is 2.56. The molecule has 2 N–H and O–H groups in total. The third-order valence-corrected chi connectivity index (χ3v) is 3.92. The summed E-state index contributed by atoms with van der Waals surface area (Å²) in [6.07, 6.45) is -3.64. The minimum atomic E-state index is -4.75. The second-order valence-corrected chi connectivity index (χ2v) is 5.90. The SMILES string of the molecule is CC(CCO)CNC(=O)C1CC1c1ccccc1OC(F)(F)F. The van der Waals surface area contributed by atoms with Gasteiger partial charge in [0.15, 0.2) is 0 Å². The molecule has 23 heavy (non-hydrogen) atoms. The summed E-state index contributed by atoms with van der Waals surface area (Å²) in [5.41, 5.74) is 0.411. The van der Waals surface area contributed by atoms with Crippen molar-refractivity contribution in [3.63, 3.8) is 0 Å². The first-order valence-electron chi connectivity index (χ1n) is 7.55. The van der Waals surface area contributed by atoms with Crippen molar-refractivity contribution < 1.29 is 27.8 Å². The molecule has 1 amide bonds. The van der Waals surface area contributed by atoms with Gasteiger partial charge in [-0.15, -0.1) is 13.2 Å². The molecule has 4 nitrogen and oxygen atoms in total. The van der Waals surface area contributed by atoms with Crippen LogP contribution in [0.3, 0.4) is 0 Å². The van der Waals surface area contributed by atoms with E-state index >= 15 is 0 Å². The highest BCUT2D eigenvalue weighted by Crippen LogP contribution is 2.51. The molecule has 1 aliphatic carbocycles. The lowest BCUT2D eigenvalue weighted by molar-refractivity contribution is -0.274. The molecule has 0 aromatic heterocycles. The summed E-state index contributed by atoms with van der Waals surface area (Å²) in [7, 11) is 0. The zero-order chi connectivity index (χ0) is 17.0. The zero-order valence-corrected chi connectivity index (χ0v) is 12.8. The van der Waals surface area contributed by atoms with Crippen LogP contribution in [-0.2, 0) is 4.79 Å². The molecule has 1 aliphatic rings. The monoisotopic (exact) mass is 331 g/mol. The van der Waals surface area contributed by atoms with E-state index in [0.717, 1.165) is 0 Å². The van der Waals surface area contributed by atoms with Gasteiger partial charge >= 0.3 is 6.36 Å². The van der Waals surface area contributed by atoms with Crippen LogP contribution in [0.5, 0.6) is 5.75 Å². The first-order chi connectivity index (χ1) is 10.8. The second kappa shape index (κ2) is 7.21. The fraction of sp³-hybridized carbons (Fsp3) is 0.562. The van der Waals surface area contributed by atoms with Gasteiger partial charge in [0.1, 0.15) is 5.75 Å². The summed E-state index contributed by atoms with van der Waals surface area (Å²) in [6.45, 7) is 2.42. The van der Waals surface area contributed by atoms with Crippen molar-refractivity contribution in [1.82, 2.24) is 5.32 Å². The third kappa shape index (κ3) is 5.13. The number of nitrogens with one attached hydrogen (secondary N) is 1. The van der Waals surface area contributed by atoms with E-state index in [2.05, 4.69) is 10.1 Å². The van der Waals surface area contributed by atoms with E-state index in [1.807, 2.05) is 6.92 Å². The maximum Gasteiger partial charge on any atom is 0.573 e. The van der Waals surface area contributed by atoms with Gasteiger partial charge in [0.2, 0.25) is 5.91 Å². The van der Waals surface area contributed by atoms with E-state index in [9.17, 15) is 18.0 Å². The minimum absolute atomic E-state index is 0.0608. The Balaban J connectivity index is 1.94. The number of ether oxygens (including phenoxy) is 1. The van der Waals surface area contributed by atoms with Crippen molar-refractivity contribution in [1.29, 1.82) is 0 Å². The number of hydrogen-bond donors (Lipinski definition) is 2. The highest BCUT2D eigenvalue weighted by Gasteiger charge is 2.46. The van der Waals surface area contributed by atoms with Gasteiger partial charge in [-0.3, -0.25) is 4.79 Å². The van der Waals surface area contributed by atoms with Gasteiger partial charge in [0.25, 0.3) is 0 Å². The summed E-state index contributed by atoms with van der Waals surface area (Å²) in [6, 6.07) is 5.93. The van der Waals surface area contributed by atoms with Crippen LogP contribution in [0.15, 0.2) is 24.3 Å². The van der Waals surface area contributed by atoms with Gasteiger partial charge in [-0.1, -0.05) is 25.1 Å². The van der Waals surface area contributed by atoms with Crippen LogP contribution in [0, 0.1) is 11.8 Å². The first kappa shape index (κ1) is 17.6. The normalized spacial score (nSPS) is 21.6. The number of carbonyl (C=O) groups is 1. The molecule has 0 bridgehead atoms. The molecule has 0 spiro atoms. The lowest BCUT2D eigenvalue weighted by Crippen LogP contribution is -2.30. The maximum absolute atomic E-state index is 12.4. The number of benzene rings is 1. The molecular weight excluding hydrogens is 311 g/mol. The van der Waals surface area contributed by atoms with Crippen LogP contribution in [0.1, 0.15) is 31.2 Å². The van der Waals surface area contributed by atoms with Crippen molar-refractivity contribution in [3.8, 4) is 5.75 Å². The average molecular weight is 331 g/mol. The molecule has 3 atom stereocenters. The summed E-state index contributed by atoms with van der Waals surface area (Å²) in [5.74, 6) is -0.825. The van der Waals surface area contributed by atoms with Crippen LogP contribution < -0.4 is 10.1 Å². The van der Waals surface area contributed by atoms with E-state index < -0.39 is 6.36 Å². The van der Waals surface area contributed by atoms with Crippen LogP contribution in [-0.4, -0.2) is 30.5 Å². The Bertz CT molecular complexity index is 548. The minimum Gasteiger partial charge on any atom is -0.405 e. The standard InChI is InChI=1S/C16H20F3NO3/c1-10(6-7-21)9-20-15(22)13-8-12(13)11-4-2-3-5-14(11)23-16(17,18)19/h2-5,10,12-13,21H,6-9H2,1H3,(H,20,22). The average Bonchev–Trinajstić information content (AvgIpc) is 3.24. The second-order valence-electron chi connectivity index (χ2n) is 5.90. The van der Waals surface area contributed by atoms with Crippen molar-refractivity contribution >= 4 is 5.91 Å². The number of carbonyl (C=O) groups excluding carboxylic acids is 1. The molecule has 1 saturated carbocycles. The number of aliphatic hydroxyl groups is 1. The fourth-order valence-electron chi connectivity index (χ4n) is 2.56. The highest BCUT2D eigenvalue weighted by atomic mass is 19.4. The first-order valence-corrected chi connectivity index (χ1v) is 7.55. The summed E-state index contributed by atoms with van der Waals surface area (Å²) in [5, 5.41) is 11.6. The van der Waals surface area contributed by atoms with E-state index in [0.29, 0.717) is 24.9 Å². The van der Waals surface area contributed by atoms with Crippen molar-refractivity contribution in [2.45, 2.75) is 32.0 Å². The number of rotatable bonds is 7. The van der Waals surface area contributed by atoms with Crippen molar-refractivity contribution in [3.05, 3.63) is 29.8 Å². The number of aliphatic hydroxyl groups excluding tert-OH is 1. The Morgan fingerprint density at radius 3 is 2.78 bits per heavy atom. The molecule has 0 radical (unpaired) electrons. The lowest BCUT2D eigenvalue weighted by atomic mass is 10.1. The van der Waals surface area contributed by atoms with Gasteiger partial charge in [-0.2, -0.15) is 0 Å². The van der Waals surface area contributed by atoms with Crippen LogP contribution in [0.25, 0.3) is 0 Å². The number of amides is 1. The maximum atomic E-state index is 12.4. The molecule has 3 unspecified atom stereocenters. The number of hydrogen-bond acceptors (Lipinski definition) is 3. The van der Waals surface area contributed by atoms with Crippen LogP contribution in [0.4, 0.5) is 13.2 Å². The number of para-hydroxylation sites is 1. The van der Waals surface area contributed by atoms with Gasteiger partial charge in [0.05, 0.1) is 0 Å². The molecule has 1 aromatic rings. The smallest absolute Gasteiger partial charge is 0.405 e. The molecule has 128 valence electrons. The Labute approximate surface area is 132 Å². The van der Waals surface area contributed by atoms with E-state index in [4.69, 9.17) is 5.11 Å². The molecular formula is C16H20F3NO3. The Kier molecular flexibility index (Phi) is 5.51. The highest BCUT2D eigenvalue weighted by molar-refractivity contribution is 5.83. The van der Waals surface area contributed by atoms with Gasteiger partial charge < -0.3 is 15.2 Å². The molecule has 0 saturated heterocycles. The molecule has 1 fully saturated rings. The van der Waals surface area contributed by atoms with E-state index in [1.54, 1.807) is 12.1 Å². The largest absolute Gasteiger partial charge is 0.573 e. The number of halogens is 3. The van der Waals surface area contributed by atoms with Crippen LogP contribution >= 0.6 is 0 Å². The summed E-state index contributed by atoms with van der Waals surface area (Å²) < 4.78 is 41.3. The van der Waals surface area contributed by atoms with Crippen molar-refractivity contribution in [2.24, 2.45) is 11.8 Å². The molecule has 0 aliphatic heterocycles. The Morgan fingerprint density at radius 2 is 2.13 bits per heavy atom. The van der Waals surface area contributed by atoms with Crippen molar-refractivity contribution in [2.75, 3.05) is 13.2 Å². The van der Waals surface area contributed by atoms with Gasteiger partial charge in [-0.05, 0) is 36.3 Å².